The summed E-state index contributed by atoms with van der Waals surface area (Å²) in [5, 5.41) is -0.369. The van der Waals surface area contributed by atoms with Gasteiger partial charge in [0.05, 0.1) is 17.0 Å². The van der Waals surface area contributed by atoms with Crippen molar-refractivity contribution in [3.63, 3.8) is 0 Å². The highest BCUT2D eigenvalue weighted by Gasteiger charge is 2.34. The summed E-state index contributed by atoms with van der Waals surface area (Å²) < 4.78 is 34.4. The van der Waals surface area contributed by atoms with Crippen molar-refractivity contribution in [2.45, 2.75) is 37.3 Å². The van der Waals surface area contributed by atoms with Crippen LogP contribution in [0.2, 0.25) is 0 Å². The van der Waals surface area contributed by atoms with Gasteiger partial charge in [-0.25, -0.2) is 13.8 Å². The molecular formula is C14H15ClF2N2O. The van der Waals surface area contributed by atoms with Crippen LogP contribution in [-0.2, 0) is 4.74 Å². The van der Waals surface area contributed by atoms with E-state index in [1.807, 2.05) is 4.57 Å². The Morgan fingerprint density at radius 2 is 2.10 bits per heavy atom. The molecule has 0 N–H and O–H groups in total. The lowest BCUT2D eigenvalue weighted by molar-refractivity contribution is 0.00657. The molecule has 1 saturated carbocycles. The van der Waals surface area contributed by atoms with E-state index in [0.29, 0.717) is 11.3 Å². The third-order valence-electron chi connectivity index (χ3n) is 3.86. The number of rotatable bonds is 3. The second-order valence-corrected chi connectivity index (χ2v) is 5.85. The van der Waals surface area contributed by atoms with E-state index in [2.05, 4.69) is 4.98 Å². The minimum atomic E-state index is -0.653. The molecule has 0 radical (unpaired) electrons. The summed E-state index contributed by atoms with van der Waals surface area (Å²) in [6, 6.07) is 2.29. The van der Waals surface area contributed by atoms with Gasteiger partial charge in [-0.05, 0) is 25.8 Å². The Balaban J connectivity index is 2.14. The van der Waals surface area contributed by atoms with Gasteiger partial charge in [-0.3, -0.25) is 0 Å². The van der Waals surface area contributed by atoms with E-state index >= 15 is 0 Å². The van der Waals surface area contributed by atoms with Gasteiger partial charge < -0.3 is 9.30 Å². The van der Waals surface area contributed by atoms with E-state index < -0.39 is 11.6 Å². The molecule has 2 aromatic rings. The fourth-order valence-electron chi connectivity index (χ4n) is 2.74. The molecule has 1 aromatic heterocycles. The molecule has 0 spiro atoms. The van der Waals surface area contributed by atoms with E-state index in [9.17, 15) is 8.78 Å². The number of imidazole rings is 1. The fraction of sp³-hybridized carbons (Fsp3) is 0.500. The monoisotopic (exact) mass is 300 g/mol. The number of halogens is 3. The lowest BCUT2D eigenvalue weighted by Gasteiger charge is -2.36. The van der Waals surface area contributed by atoms with E-state index in [4.69, 9.17) is 16.3 Å². The number of fused-ring (bicyclic) bond motifs is 1. The average molecular weight is 301 g/mol. The second-order valence-electron chi connectivity index (χ2n) is 5.19. The Bertz CT molecular complexity index is 650. The lowest BCUT2D eigenvalue weighted by Crippen LogP contribution is -2.33. The molecule has 6 heteroatoms. The van der Waals surface area contributed by atoms with Gasteiger partial charge in [-0.1, -0.05) is 0 Å². The first-order valence-corrected chi connectivity index (χ1v) is 6.98. The van der Waals surface area contributed by atoms with Gasteiger partial charge >= 0.3 is 0 Å². The predicted molar refractivity (Wildman–Crippen MR) is 73.0 cm³/mol. The highest BCUT2D eigenvalue weighted by atomic mass is 35.5. The summed E-state index contributed by atoms with van der Waals surface area (Å²) >= 11 is 6.14. The van der Waals surface area contributed by atoms with Gasteiger partial charge in [-0.15, -0.1) is 11.6 Å². The highest BCUT2D eigenvalue weighted by Crippen LogP contribution is 2.40. The minimum Gasteiger partial charge on any atom is -0.381 e. The van der Waals surface area contributed by atoms with Crippen molar-refractivity contribution in [3.05, 3.63) is 29.6 Å². The van der Waals surface area contributed by atoms with Gasteiger partial charge in [0, 0.05) is 19.2 Å². The minimum absolute atomic E-state index is 0.127. The van der Waals surface area contributed by atoms with Crippen LogP contribution in [0.15, 0.2) is 12.1 Å². The zero-order valence-corrected chi connectivity index (χ0v) is 12.0. The molecule has 1 aromatic carbocycles. The molecular weight excluding hydrogens is 286 g/mol. The molecule has 1 atom stereocenters. The third kappa shape index (κ3) is 2.09. The molecule has 1 aliphatic carbocycles. The summed E-state index contributed by atoms with van der Waals surface area (Å²) in [5.74, 6) is -0.682. The maximum atomic E-state index is 13.8. The molecule has 108 valence electrons. The van der Waals surface area contributed by atoms with E-state index in [1.165, 1.54) is 6.07 Å². The van der Waals surface area contributed by atoms with E-state index in [-0.39, 0.29) is 23.0 Å². The van der Waals surface area contributed by atoms with Crippen molar-refractivity contribution < 1.29 is 13.5 Å². The van der Waals surface area contributed by atoms with Crippen molar-refractivity contribution in [1.29, 1.82) is 0 Å². The summed E-state index contributed by atoms with van der Waals surface area (Å²) in [6.45, 7) is 1.78. The van der Waals surface area contributed by atoms with Crippen LogP contribution in [-0.4, -0.2) is 22.8 Å². The molecule has 1 fully saturated rings. The normalized spacial score (nSPS) is 23.9. The van der Waals surface area contributed by atoms with E-state index in [1.54, 1.807) is 14.0 Å². The molecule has 3 rings (SSSR count). The number of ether oxygens (including phenoxy) is 1. The second kappa shape index (κ2) is 4.97. The number of nitrogens with zero attached hydrogens (tertiary/aromatic N) is 2. The van der Waals surface area contributed by atoms with Crippen LogP contribution >= 0.6 is 11.6 Å². The Kier molecular flexibility index (Phi) is 3.42. The van der Waals surface area contributed by atoms with Crippen LogP contribution in [0, 0.1) is 11.6 Å². The van der Waals surface area contributed by atoms with Crippen molar-refractivity contribution in [3.8, 4) is 0 Å². The Labute approximate surface area is 120 Å². The molecule has 1 aliphatic rings. The zero-order chi connectivity index (χ0) is 14.4. The van der Waals surface area contributed by atoms with Gasteiger partial charge in [0.15, 0.2) is 5.82 Å². The van der Waals surface area contributed by atoms with Crippen LogP contribution in [0.3, 0.4) is 0 Å². The van der Waals surface area contributed by atoms with Crippen LogP contribution in [0.5, 0.6) is 0 Å². The number of hydrogen-bond donors (Lipinski definition) is 0. The highest BCUT2D eigenvalue weighted by molar-refractivity contribution is 6.20. The van der Waals surface area contributed by atoms with Gasteiger partial charge in [0.25, 0.3) is 0 Å². The molecule has 0 aliphatic heterocycles. The molecule has 1 heterocycles. The molecule has 0 amide bonds. The van der Waals surface area contributed by atoms with Crippen molar-refractivity contribution in [2.24, 2.45) is 0 Å². The first kappa shape index (κ1) is 13.8. The standard InChI is InChI=1S/C14H15ClF2N2O/c1-7(15)14-18-13-11(17)3-8(16)4-12(13)19(14)9-5-10(6-9)20-2/h3-4,7,9-10H,5-6H2,1-2H3. The Hall–Kier alpha value is -1.20. The van der Waals surface area contributed by atoms with Crippen LogP contribution in [0.4, 0.5) is 8.78 Å². The lowest BCUT2D eigenvalue weighted by atomic mass is 9.88. The maximum absolute atomic E-state index is 13.8. The third-order valence-corrected chi connectivity index (χ3v) is 4.06. The smallest absolute Gasteiger partial charge is 0.153 e. The van der Waals surface area contributed by atoms with Crippen LogP contribution in [0.25, 0.3) is 11.0 Å². The van der Waals surface area contributed by atoms with Gasteiger partial charge in [-0.2, -0.15) is 0 Å². The summed E-state index contributed by atoms with van der Waals surface area (Å²) in [5.41, 5.74) is 0.638. The summed E-state index contributed by atoms with van der Waals surface area (Å²) in [7, 11) is 1.66. The van der Waals surface area contributed by atoms with Crippen molar-refractivity contribution in [1.82, 2.24) is 9.55 Å². The average Bonchev–Trinajstić information content (AvgIpc) is 2.68. The number of methoxy groups -OCH3 is 1. The maximum Gasteiger partial charge on any atom is 0.153 e. The molecule has 1 unspecified atom stereocenters. The number of alkyl halides is 1. The predicted octanol–water partition coefficient (Wildman–Crippen LogP) is 3.96. The quantitative estimate of drug-likeness (QED) is 0.802. The van der Waals surface area contributed by atoms with E-state index in [0.717, 1.165) is 18.9 Å². The Morgan fingerprint density at radius 1 is 1.40 bits per heavy atom. The van der Waals surface area contributed by atoms with Crippen LogP contribution in [0.1, 0.15) is 37.0 Å². The zero-order valence-electron chi connectivity index (χ0n) is 11.2. The Morgan fingerprint density at radius 3 is 2.70 bits per heavy atom. The number of benzene rings is 1. The van der Waals surface area contributed by atoms with Crippen molar-refractivity contribution in [2.75, 3.05) is 7.11 Å². The topological polar surface area (TPSA) is 27.1 Å². The molecule has 20 heavy (non-hydrogen) atoms. The van der Waals surface area contributed by atoms with Crippen LogP contribution < -0.4 is 0 Å². The molecule has 0 bridgehead atoms. The number of aromatic nitrogens is 2. The largest absolute Gasteiger partial charge is 0.381 e. The summed E-state index contributed by atoms with van der Waals surface area (Å²) in [4.78, 5) is 4.26. The SMILES string of the molecule is COC1CC(n2c(C(C)Cl)nc3c(F)cc(F)cc32)C1. The molecule has 0 saturated heterocycles. The van der Waals surface area contributed by atoms with Crippen molar-refractivity contribution >= 4 is 22.6 Å². The van der Waals surface area contributed by atoms with Gasteiger partial charge in [0.1, 0.15) is 17.2 Å². The van der Waals surface area contributed by atoms with Gasteiger partial charge in [0.2, 0.25) is 0 Å². The first-order valence-electron chi connectivity index (χ1n) is 6.55. The first-order chi connectivity index (χ1) is 9.51. The fourth-order valence-corrected chi connectivity index (χ4v) is 2.90. The summed E-state index contributed by atoms with van der Waals surface area (Å²) in [6.07, 6.45) is 1.79. The number of hydrogen-bond acceptors (Lipinski definition) is 2. The molecule has 3 nitrogen and oxygen atoms in total.